The Morgan fingerprint density at radius 1 is 1.24 bits per heavy atom. The molecule has 1 heterocycles. The average Bonchev–Trinajstić information content (AvgIpc) is 2.93. The molecule has 0 saturated carbocycles. The van der Waals surface area contributed by atoms with E-state index in [1.807, 2.05) is 30.0 Å². The van der Waals surface area contributed by atoms with E-state index in [2.05, 4.69) is 5.32 Å². The third kappa shape index (κ3) is 3.41. The topological polar surface area (TPSA) is 51.1 Å². The molecule has 0 fully saturated rings. The number of hydrogen-bond acceptors (Lipinski definition) is 3. The summed E-state index contributed by atoms with van der Waals surface area (Å²) in [4.78, 5) is -0.380. The molecular formula is C14H16F2N2O2S. The van der Waals surface area contributed by atoms with Crippen LogP contribution in [0.5, 0.6) is 0 Å². The van der Waals surface area contributed by atoms with Gasteiger partial charge in [-0.1, -0.05) is 12.1 Å². The van der Waals surface area contributed by atoms with E-state index in [4.69, 9.17) is 0 Å². The molecule has 1 aromatic carbocycles. The molecular weight excluding hydrogens is 298 g/mol. The number of aromatic nitrogens is 1. The normalized spacial score (nSPS) is 11.8. The third-order valence-electron chi connectivity index (χ3n) is 3.09. The van der Waals surface area contributed by atoms with Gasteiger partial charge in [0.15, 0.2) is 0 Å². The lowest BCUT2D eigenvalue weighted by Crippen LogP contribution is -2.14. The minimum Gasteiger partial charge on any atom is -0.380 e. The Kier molecular flexibility index (Phi) is 4.62. The van der Waals surface area contributed by atoms with Crippen LogP contribution >= 0.6 is 0 Å². The number of benzene rings is 1. The van der Waals surface area contributed by atoms with Crippen molar-refractivity contribution in [3.8, 4) is 0 Å². The number of para-hydroxylation sites is 1. The van der Waals surface area contributed by atoms with Crippen molar-refractivity contribution in [2.24, 2.45) is 0 Å². The lowest BCUT2D eigenvalue weighted by Gasteiger charge is -2.11. The number of rotatable bonds is 6. The molecule has 0 aliphatic rings. The zero-order valence-electron chi connectivity index (χ0n) is 11.5. The lowest BCUT2D eigenvalue weighted by molar-refractivity contribution is 0.235. The number of aryl methyl sites for hydroxylation is 1. The van der Waals surface area contributed by atoms with E-state index in [1.54, 1.807) is 6.07 Å². The fraction of sp³-hybridized carbons (Fsp3) is 0.286. The first-order chi connectivity index (χ1) is 9.95. The summed E-state index contributed by atoms with van der Waals surface area (Å²) in [6.45, 7) is 3.20. The highest BCUT2D eigenvalue weighted by Crippen LogP contribution is 2.26. The standard InChI is InChI=1S/C14H16F2N2O2S/c1-2-18-8-7-11(10-18)9-17-12-5-3-4-6-13(12)21(19,20)14(15)16/h3-8,10,14,17H,2,9H2,1H3. The molecule has 0 saturated heterocycles. The Bertz CT molecular complexity index is 711. The van der Waals surface area contributed by atoms with E-state index >= 15 is 0 Å². The predicted octanol–water partition coefficient (Wildman–Crippen LogP) is 3.12. The van der Waals surface area contributed by atoms with Crippen LogP contribution in [-0.2, 0) is 22.9 Å². The molecule has 0 atom stereocenters. The van der Waals surface area contributed by atoms with E-state index in [9.17, 15) is 17.2 Å². The number of halogens is 2. The summed E-state index contributed by atoms with van der Waals surface area (Å²) in [7, 11) is -4.61. The Labute approximate surface area is 122 Å². The average molecular weight is 314 g/mol. The van der Waals surface area contributed by atoms with Gasteiger partial charge >= 0.3 is 5.76 Å². The van der Waals surface area contributed by atoms with Gasteiger partial charge in [-0.25, -0.2) is 8.42 Å². The van der Waals surface area contributed by atoms with Crippen LogP contribution in [-0.4, -0.2) is 18.7 Å². The summed E-state index contributed by atoms with van der Waals surface area (Å²) in [5.41, 5.74) is 1.13. The fourth-order valence-electron chi connectivity index (χ4n) is 1.95. The predicted molar refractivity (Wildman–Crippen MR) is 77.1 cm³/mol. The maximum Gasteiger partial charge on any atom is 0.341 e. The van der Waals surface area contributed by atoms with Gasteiger partial charge in [-0.15, -0.1) is 0 Å². The summed E-state index contributed by atoms with van der Waals surface area (Å²) < 4.78 is 50.6. The SMILES string of the molecule is CCn1ccc(CNc2ccccc2S(=O)(=O)C(F)F)c1. The summed E-state index contributed by atoms with van der Waals surface area (Å²) in [5.74, 6) is -3.43. The molecule has 0 aliphatic carbocycles. The second-order valence-electron chi connectivity index (χ2n) is 4.51. The van der Waals surface area contributed by atoms with Crippen LogP contribution in [0.15, 0.2) is 47.6 Å². The Morgan fingerprint density at radius 2 is 1.95 bits per heavy atom. The van der Waals surface area contributed by atoms with Crippen molar-refractivity contribution in [2.45, 2.75) is 30.7 Å². The zero-order valence-corrected chi connectivity index (χ0v) is 12.3. The number of nitrogens with one attached hydrogen (secondary N) is 1. The molecule has 0 spiro atoms. The van der Waals surface area contributed by atoms with E-state index in [0.717, 1.165) is 12.1 Å². The van der Waals surface area contributed by atoms with Crippen molar-refractivity contribution in [1.82, 2.24) is 4.57 Å². The number of hydrogen-bond donors (Lipinski definition) is 1. The zero-order chi connectivity index (χ0) is 15.5. The molecule has 2 aromatic rings. The molecule has 7 heteroatoms. The molecule has 0 aliphatic heterocycles. The molecule has 1 N–H and O–H groups in total. The number of sulfone groups is 1. The van der Waals surface area contributed by atoms with E-state index in [1.165, 1.54) is 18.2 Å². The third-order valence-corrected chi connectivity index (χ3v) is 4.53. The van der Waals surface area contributed by atoms with Gasteiger partial charge in [0.05, 0.1) is 10.6 Å². The quantitative estimate of drug-likeness (QED) is 0.891. The van der Waals surface area contributed by atoms with Crippen LogP contribution < -0.4 is 5.32 Å². The highest BCUT2D eigenvalue weighted by molar-refractivity contribution is 7.91. The smallest absolute Gasteiger partial charge is 0.341 e. The number of anilines is 1. The molecule has 0 bridgehead atoms. The van der Waals surface area contributed by atoms with Gasteiger partial charge in [-0.05, 0) is 30.7 Å². The minimum absolute atomic E-state index is 0.182. The van der Waals surface area contributed by atoms with Crippen molar-refractivity contribution in [3.05, 3.63) is 48.3 Å². The van der Waals surface area contributed by atoms with Crippen LogP contribution in [0.4, 0.5) is 14.5 Å². The second kappa shape index (κ2) is 6.26. The second-order valence-corrected chi connectivity index (χ2v) is 6.39. The number of nitrogens with zero attached hydrogens (tertiary/aromatic N) is 1. The summed E-state index contributed by atoms with van der Waals surface area (Å²) in [5, 5.41) is 2.90. The first-order valence-electron chi connectivity index (χ1n) is 6.44. The highest BCUT2D eigenvalue weighted by atomic mass is 32.2. The Morgan fingerprint density at radius 3 is 2.57 bits per heavy atom. The Balaban J connectivity index is 2.21. The highest BCUT2D eigenvalue weighted by Gasteiger charge is 2.28. The number of alkyl halides is 2. The van der Waals surface area contributed by atoms with Gasteiger partial charge in [-0.2, -0.15) is 8.78 Å². The summed E-state index contributed by atoms with van der Waals surface area (Å²) in [6.07, 6.45) is 3.82. The first-order valence-corrected chi connectivity index (χ1v) is 7.99. The van der Waals surface area contributed by atoms with Gasteiger partial charge in [-0.3, -0.25) is 0 Å². The van der Waals surface area contributed by atoms with Gasteiger partial charge in [0.25, 0.3) is 0 Å². The molecule has 1 aromatic heterocycles. The van der Waals surface area contributed by atoms with Crippen molar-refractivity contribution in [3.63, 3.8) is 0 Å². The van der Waals surface area contributed by atoms with Crippen LogP contribution in [0.25, 0.3) is 0 Å². The minimum atomic E-state index is -4.61. The van der Waals surface area contributed by atoms with Crippen LogP contribution in [0.3, 0.4) is 0 Å². The molecule has 21 heavy (non-hydrogen) atoms. The van der Waals surface area contributed by atoms with Crippen LogP contribution in [0.1, 0.15) is 12.5 Å². The van der Waals surface area contributed by atoms with E-state index < -0.39 is 15.6 Å². The maximum absolute atomic E-state index is 12.7. The van der Waals surface area contributed by atoms with Gasteiger partial charge in [0, 0.05) is 25.5 Å². The molecule has 4 nitrogen and oxygen atoms in total. The van der Waals surface area contributed by atoms with E-state index in [0.29, 0.717) is 6.54 Å². The van der Waals surface area contributed by atoms with Gasteiger partial charge < -0.3 is 9.88 Å². The van der Waals surface area contributed by atoms with Crippen molar-refractivity contribution in [2.75, 3.05) is 5.32 Å². The van der Waals surface area contributed by atoms with E-state index in [-0.39, 0.29) is 10.6 Å². The maximum atomic E-state index is 12.7. The monoisotopic (exact) mass is 314 g/mol. The molecule has 114 valence electrons. The molecule has 0 amide bonds. The fourth-order valence-corrected chi connectivity index (χ4v) is 2.85. The lowest BCUT2D eigenvalue weighted by atomic mass is 10.3. The van der Waals surface area contributed by atoms with Crippen molar-refractivity contribution >= 4 is 15.5 Å². The molecule has 0 unspecified atom stereocenters. The molecule has 0 radical (unpaired) electrons. The first kappa shape index (κ1) is 15.5. The van der Waals surface area contributed by atoms with Gasteiger partial charge in [0.1, 0.15) is 0 Å². The van der Waals surface area contributed by atoms with Crippen LogP contribution in [0, 0.1) is 0 Å². The van der Waals surface area contributed by atoms with Gasteiger partial charge in [0.2, 0.25) is 9.84 Å². The largest absolute Gasteiger partial charge is 0.380 e. The van der Waals surface area contributed by atoms with Crippen LogP contribution in [0.2, 0.25) is 0 Å². The van der Waals surface area contributed by atoms with Crippen molar-refractivity contribution < 1.29 is 17.2 Å². The Hall–Kier alpha value is -1.89. The summed E-state index contributed by atoms with van der Waals surface area (Å²) in [6, 6.07) is 7.58. The molecule has 2 rings (SSSR count). The van der Waals surface area contributed by atoms with Crippen molar-refractivity contribution in [1.29, 1.82) is 0 Å². The summed E-state index contributed by atoms with van der Waals surface area (Å²) >= 11 is 0.